The zero-order chi connectivity index (χ0) is 14.7. The average Bonchev–Trinajstić information content (AvgIpc) is 2.72. The molecule has 20 heavy (non-hydrogen) atoms. The number of carbonyl (C=O) groups excluding carboxylic acids is 1. The zero-order valence-electron chi connectivity index (χ0n) is 12.5. The first-order valence-electron chi connectivity index (χ1n) is 6.74. The number of aromatic nitrogens is 1. The first-order valence-corrected chi connectivity index (χ1v) is 6.74. The molecule has 0 saturated carbocycles. The van der Waals surface area contributed by atoms with Gasteiger partial charge in [-0.25, -0.2) is 0 Å². The lowest BCUT2D eigenvalue weighted by Crippen LogP contribution is -2.32. The quantitative estimate of drug-likeness (QED) is 0.901. The molecule has 1 aromatic carbocycles. The van der Waals surface area contributed by atoms with Crippen molar-refractivity contribution in [2.24, 2.45) is 0 Å². The molecule has 0 aliphatic rings. The van der Waals surface area contributed by atoms with Gasteiger partial charge >= 0.3 is 0 Å². The summed E-state index contributed by atoms with van der Waals surface area (Å²) in [5, 5.41) is 7.85. The Bertz CT molecular complexity index is 617. The van der Waals surface area contributed by atoms with Gasteiger partial charge in [0.25, 0.3) is 0 Å². The van der Waals surface area contributed by atoms with E-state index in [1.54, 1.807) is 0 Å². The second-order valence-electron chi connectivity index (χ2n) is 5.42. The molecular weight excluding hydrogens is 254 g/mol. The van der Waals surface area contributed by atoms with E-state index in [9.17, 15) is 4.79 Å². The van der Waals surface area contributed by atoms with Crippen molar-refractivity contribution < 1.29 is 9.32 Å². The van der Waals surface area contributed by atoms with E-state index < -0.39 is 0 Å². The van der Waals surface area contributed by atoms with Crippen LogP contribution in [0.4, 0.5) is 0 Å². The number of rotatable bonds is 5. The Balaban J connectivity index is 2.08. The number of amides is 1. The van der Waals surface area contributed by atoms with E-state index in [0.29, 0.717) is 12.2 Å². The molecule has 0 spiro atoms. The van der Waals surface area contributed by atoms with Crippen LogP contribution in [0.1, 0.15) is 16.8 Å². The van der Waals surface area contributed by atoms with Crippen LogP contribution >= 0.6 is 0 Å². The minimum Gasteiger partial charge on any atom is -0.356 e. The second kappa shape index (κ2) is 6.05. The molecular formula is C15H21N3O2. The first-order chi connectivity index (χ1) is 9.47. The highest BCUT2D eigenvalue weighted by atomic mass is 16.5. The summed E-state index contributed by atoms with van der Waals surface area (Å²) in [6.45, 7) is 5.48. The van der Waals surface area contributed by atoms with E-state index >= 15 is 0 Å². The fraction of sp³-hybridized carbons (Fsp3) is 0.467. The first kappa shape index (κ1) is 14.5. The number of nitrogens with one attached hydrogen (secondary N) is 1. The Hall–Kier alpha value is -1.88. The number of benzene rings is 1. The van der Waals surface area contributed by atoms with Gasteiger partial charge in [0.2, 0.25) is 5.91 Å². The summed E-state index contributed by atoms with van der Waals surface area (Å²) in [5.74, 6) is -0.0267. The van der Waals surface area contributed by atoms with Gasteiger partial charge in [-0.05, 0) is 45.1 Å². The van der Waals surface area contributed by atoms with Gasteiger partial charge in [-0.15, -0.1) is 0 Å². The minimum absolute atomic E-state index is 0.0267. The molecule has 5 heteroatoms. The lowest BCUT2D eigenvalue weighted by atomic mass is 10.1. The van der Waals surface area contributed by atoms with Crippen LogP contribution < -0.4 is 5.32 Å². The lowest BCUT2D eigenvalue weighted by molar-refractivity contribution is -0.120. The second-order valence-corrected chi connectivity index (χ2v) is 5.42. The predicted octanol–water partition coefficient (Wildman–Crippen LogP) is 1.66. The maximum Gasteiger partial charge on any atom is 0.226 e. The fourth-order valence-corrected chi connectivity index (χ4v) is 2.20. The molecule has 0 atom stereocenters. The standard InChI is InChI=1S/C15H21N3O2/c1-10-7-11(2)15-12(8-10)13(17-20-15)9-14(19)16-5-6-18(3)4/h7-8H,5-6,9H2,1-4H3,(H,16,19). The van der Waals surface area contributed by atoms with Gasteiger partial charge < -0.3 is 14.7 Å². The molecule has 108 valence electrons. The maximum absolute atomic E-state index is 11.9. The van der Waals surface area contributed by atoms with Crippen molar-refractivity contribution in [2.75, 3.05) is 27.2 Å². The number of aryl methyl sites for hydroxylation is 2. The Morgan fingerprint density at radius 2 is 2.10 bits per heavy atom. The van der Waals surface area contributed by atoms with Gasteiger partial charge in [0, 0.05) is 18.5 Å². The van der Waals surface area contributed by atoms with E-state index in [2.05, 4.69) is 16.5 Å². The van der Waals surface area contributed by atoms with Gasteiger partial charge in [0.15, 0.2) is 5.58 Å². The number of fused-ring (bicyclic) bond motifs is 1. The van der Waals surface area contributed by atoms with Crippen molar-refractivity contribution in [3.8, 4) is 0 Å². The van der Waals surface area contributed by atoms with Crippen molar-refractivity contribution in [1.82, 2.24) is 15.4 Å². The molecule has 0 saturated heterocycles. The SMILES string of the molecule is Cc1cc(C)c2onc(CC(=O)NCCN(C)C)c2c1. The van der Waals surface area contributed by atoms with Crippen molar-refractivity contribution in [1.29, 1.82) is 0 Å². The lowest BCUT2D eigenvalue weighted by Gasteiger charge is -2.09. The Labute approximate surface area is 118 Å². The third-order valence-corrected chi connectivity index (χ3v) is 3.19. The van der Waals surface area contributed by atoms with Gasteiger partial charge in [-0.1, -0.05) is 11.2 Å². The topological polar surface area (TPSA) is 58.4 Å². The molecule has 0 aliphatic carbocycles. The third-order valence-electron chi connectivity index (χ3n) is 3.19. The van der Waals surface area contributed by atoms with Crippen molar-refractivity contribution in [3.63, 3.8) is 0 Å². The number of hydrogen-bond donors (Lipinski definition) is 1. The third kappa shape index (κ3) is 3.36. The fourth-order valence-electron chi connectivity index (χ4n) is 2.20. The van der Waals surface area contributed by atoms with Crippen molar-refractivity contribution in [3.05, 3.63) is 29.0 Å². The van der Waals surface area contributed by atoms with E-state index in [4.69, 9.17) is 4.52 Å². The molecule has 0 aliphatic heterocycles. The Morgan fingerprint density at radius 3 is 2.80 bits per heavy atom. The Morgan fingerprint density at radius 1 is 1.35 bits per heavy atom. The van der Waals surface area contributed by atoms with E-state index in [-0.39, 0.29) is 12.3 Å². The summed E-state index contributed by atoms with van der Waals surface area (Å²) < 4.78 is 5.34. The summed E-state index contributed by atoms with van der Waals surface area (Å²) in [6.07, 6.45) is 0.253. The zero-order valence-corrected chi connectivity index (χ0v) is 12.5. The predicted molar refractivity (Wildman–Crippen MR) is 78.8 cm³/mol. The summed E-state index contributed by atoms with van der Waals surface area (Å²) >= 11 is 0. The summed E-state index contributed by atoms with van der Waals surface area (Å²) in [5.41, 5.74) is 3.67. The highest BCUT2D eigenvalue weighted by Crippen LogP contribution is 2.23. The maximum atomic E-state index is 11.9. The van der Waals surface area contributed by atoms with Crippen LogP contribution in [0.3, 0.4) is 0 Å². The van der Waals surface area contributed by atoms with Crippen molar-refractivity contribution in [2.45, 2.75) is 20.3 Å². The summed E-state index contributed by atoms with van der Waals surface area (Å²) in [7, 11) is 3.95. The molecule has 0 fully saturated rings. The van der Waals surface area contributed by atoms with Crippen LogP contribution in [-0.2, 0) is 11.2 Å². The summed E-state index contributed by atoms with van der Waals surface area (Å²) in [6, 6.07) is 4.07. The van der Waals surface area contributed by atoms with Gasteiger partial charge in [0.1, 0.15) is 5.69 Å². The van der Waals surface area contributed by atoms with E-state index in [1.165, 1.54) is 0 Å². The molecule has 1 aromatic heterocycles. The van der Waals surface area contributed by atoms with E-state index in [1.807, 2.05) is 38.9 Å². The summed E-state index contributed by atoms with van der Waals surface area (Å²) in [4.78, 5) is 13.9. The van der Waals surface area contributed by atoms with Crippen LogP contribution in [0.15, 0.2) is 16.7 Å². The highest BCUT2D eigenvalue weighted by molar-refractivity contribution is 5.88. The van der Waals surface area contributed by atoms with E-state index in [0.717, 1.165) is 28.6 Å². The molecule has 2 rings (SSSR count). The normalized spacial score (nSPS) is 11.2. The van der Waals surface area contributed by atoms with Crippen molar-refractivity contribution >= 4 is 16.9 Å². The van der Waals surface area contributed by atoms with Gasteiger partial charge in [0.05, 0.1) is 6.42 Å². The average molecular weight is 275 g/mol. The Kier molecular flexibility index (Phi) is 4.39. The molecule has 2 aromatic rings. The molecule has 0 unspecified atom stereocenters. The van der Waals surface area contributed by atoms with Gasteiger partial charge in [-0.3, -0.25) is 4.79 Å². The van der Waals surface area contributed by atoms with Crippen LogP contribution in [0.25, 0.3) is 11.0 Å². The largest absolute Gasteiger partial charge is 0.356 e. The molecule has 5 nitrogen and oxygen atoms in total. The smallest absolute Gasteiger partial charge is 0.226 e. The van der Waals surface area contributed by atoms with Crippen LogP contribution in [0, 0.1) is 13.8 Å². The number of carbonyl (C=O) groups is 1. The van der Waals surface area contributed by atoms with Crippen LogP contribution in [0.2, 0.25) is 0 Å². The van der Waals surface area contributed by atoms with Crippen LogP contribution in [0.5, 0.6) is 0 Å². The molecule has 1 heterocycles. The number of likely N-dealkylation sites (N-methyl/N-ethyl adjacent to an activating group) is 1. The van der Waals surface area contributed by atoms with Gasteiger partial charge in [-0.2, -0.15) is 0 Å². The van der Waals surface area contributed by atoms with Crippen LogP contribution in [-0.4, -0.2) is 43.1 Å². The monoisotopic (exact) mass is 275 g/mol. The molecule has 1 N–H and O–H groups in total. The molecule has 1 amide bonds. The number of nitrogens with zero attached hydrogens (tertiary/aromatic N) is 2. The minimum atomic E-state index is -0.0267. The molecule has 0 radical (unpaired) electrons. The number of hydrogen-bond acceptors (Lipinski definition) is 4. The highest BCUT2D eigenvalue weighted by Gasteiger charge is 2.14. The molecule has 0 bridgehead atoms.